The average Bonchev–Trinajstić information content (AvgIpc) is 2.99. The molecule has 0 N–H and O–H groups in total. The predicted octanol–water partition coefficient (Wildman–Crippen LogP) is 3.65. The zero-order valence-corrected chi connectivity index (χ0v) is 14.8. The van der Waals surface area contributed by atoms with E-state index in [2.05, 4.69) is 52.9 Å². The van der Waals surface area contributed by atoms with E-state index in [1.54, 1.807) is 7.11 Å². The van der Waals surface area contributed by atoms with Gasteiger partial charge in [0.25, 0.3) is 0 Å². The lowest BCUT2D eigenvalue weighted by molar-refractivity contribution is 0.235. The van der Waals surface area contributed by atoms with Crippen LogP contribution in [0.1, 0.15) is 17.0 Å². The van der Waals surface area contributed by atoms with Gasteiger partial charge >= 0.3 is 0 Å². The number of imidazole rings is 1. The van der Waals surface area contributed by atoms with Crippen LogP contribution in [0.2, 0.25) is 0 Å². The van der Waals surface area contributed by atoms with Gasteiger partial charge in [-0.25, -0.2) is 4.98 Å². The molecule has 0 fully saturated rings. The first kappa shape index (κ1) is 15.9. The average molecular weight is 333 g/mol. The molecule has 2 heterocycles. The van der Waals surface area contributed by atoms with Gasteiger partial charge in [-0.1, -0.05) is 48.5 Å². The van der Waals surface area contributed by atoms with Gasteiger partial charge in [-0.2, -0.15) is 0 Å². The molecule has 0 amide bonds. The first-order valence-electron chi connectivity index (χ1n) is 8.70. The number of fused-ring (bicyclic) bond motifs is 1. The molecule has 128 valence electrons. The number of methoxy groups -OCH3 is 1. The summed E-state index contributed by atoms with van der Waals surface area (Å²) in [6.07, 6.45) is 0.991. The summed E-state index contributed by atoms with van der Waals surface area (Å²) in [4.78, 5) is 7.38. The minimum Gasteiger partial charge on any atom is -0.496 e. The van der Waals surface area contributed by atoms with Gasteiger partial charge in [0.1, 0.15) is 11.6 Å². The highest BCUT2D eigenvalue weighted by Gasteiger charge is 2.23. The Labute approximate surface area is 148 Å². The van der Waals surface area contributed by atoms with Crippen LogP contribution in [0.3, 0.4) is 0 Å². The second-order valence-corrected chi connectivity index (χ2v) is 6.53. The van der Waals surface area contributed by atoms with Gasteiger partial charge in [0, 0.05) is 44.2 Å². The smallest absolute Gasteiger partial charge is 0.140 e. The van der Waals surface area contributed by atoms with Gasteiger partial charge in [-0.15, -0.1) is 0 Å². The summed E-state index contributed by atoms with van der Waals surface area (Å²) in [6, 6.07) is 18.7. The van der Waals surface area contributed by atoms with Crippen molar-refractivity contribution in [3.8, 4) is 17.1 Å². The topological polar surface area (TPSA) is 30.3 Å². The predicted molar refractivity (Wildman–Crippen MR) is 99.5 cm³/mol. The molecule has 1 aliphatic heterocycles. The first-order valence-corrected chi connectivity index (χ1v) is 8.70. The number of nitrogens with zero attached hydrogens (tertiary/aromatic N) is 3. The highest BCUT2D eigenvalue weighted by Crippen LogP contribution is 2.27. The Balaban J connectivity index is 1.58. The molecule has 25 heavy (non-hydrogen) atoms. The second-order valence-electron chi connectivity index (χ2n) is 6.53. The molecule has 1 aliphatic rings. The lowest BCUT2D eigenvalue weighted by atomic mass is 10.1. The Hall–Kier alpha value is -2.59. The maximum Gasteiger partial charge on any atom is 0.140 e. The lowest BCUT2D eigenvalue weighted by Crippen LogP contribution is -2.31. The standard InChI is InChI=1S/C21H23N3O/c1-23-19-15-24(14-17-10-6-7-11-20(17)25-2)13-12-18(19)22-21(23)16-8-4-3-5-9-16/h3-11H,12-15H2,1-2H3. The van der Waals surface area contributed by atoms with E-state index in [9.17, 15) is 0 Å². The first-order chi connectivity index (χ1) is 12.3. The monoisotopic (exact) mass is 333 g/mol. The Bertz CT molecular complexity index is 870. The quantitative estimate of drug-likeness (QED) is 0.730. The summed E-state index contributed by atoms with van der Waals surface area (Å²) in [5.41, 5.74) is 4.97. The molecule has 0 radical (unpaired) electrons. The van der Waals surface area contributed by atoms with Crippen LogP contribution in [0.25, 0.3) is 11.4 Å². The van der Waals surface area contributed by atoms with E-state index in [-0.39, 0.29) is 0 Å². The van der Waals surface area contributed by atoms with E-state index in [0.717, 1.165) is 37.6 Å². The van der Waals surface area contributed by atoms with E-state index in [1.807, 2.05) is 18.2 Å². The minimum absolute atomic E-state index is 0.898. The van der Waals surface area contributed by atoms with Crippen molar-refractivity contribution in [2.75, 3.05) is 13.7 Å². The Morgan fingerprint density at radius 2 is 1.80 bits per heavy atom. The van der Waals surface area contributed by atoms with Crippen molar-refractivity contribution in [2.45, 2.75) is 19.5 Å². The zero-order valence-electron chi connectivity index (χ0n) is 14.8. The fourth-order valence-corrected chi connectivity index (χ4v) is 3.60. The summed E-state index contributed by atoms with van der Waals surface area (Å²) in [5, 5.41) is 0. The summed E-state index contributed by atoms with van der Waals surface area (Å²) in [7, 11) is 3.86. The van der Waals surface area contributed by atoms with E-state index in [1.165, 1.54) is 22.5 Å². The molecule has 0 unspecified atom stereocenters. The number of hydrogen-bond donors (Lipinski definition) is 0. The van der Waals surface area contributed by atoms with E-state index in [4.69, 9.17) is 9.72 Å². The number of rotatable bonds is 4. The summed E-state index contributed by atoms with van der Waals surface area (Å²) in [5.74, 6) is 2.02. The maximum absolute atomic E-state index is 5.50. The molecule has 2 aromatic carbocycles. The van der Waals surface area contributed by atoms with Crippen LogP contribution < -0.4 is 4.74 Å². The van der Waals surface area contributed by atoms with Gasteiger partial charge < -0.3 is 9.30 Å². The van der Waals surface area contributed by atoms with Crippen molar-refractivity contribution in [3.05, 3.63) is 71.5 Å². The van der Waals surface area contributed by atoms with Gasteiger partial charge in [0.05, 0.1) is 18.5 Å². The van der Waals surface area contributed by atoms with Crippen LogP contribution in [0.15, 0.2) is 54.6 Å². The van der Waals surface area contributed by atoms with Crippen LogP contribution in [0.4, 0.5) is 0 Å². The van der Waals surface area contributed by atoms with E-state index < -0.39 is 0 Å². The van der Waals surface area contributed by atoms with Gasteiger partial charge in [-0.05, 0) is 6.07 Å². The van der Waals surface area contributed by atoms with Gasteiger partial charge in [0.15, 0.2) is 0 Å². The Morgan fingerprint density at radius 3 is 2.60 bits per heavy atom. The van der Waals surface area contributed by atoms with E-state index >= 15 is 0 Å². The highest BCUT2D eigenvalue weighted by atomic mass is 16.5. The van der Waals surface area contributed by atoms with Crippen molar-refractivity contribution in [1.29, 1.82) is 0 Å². The molecule has 0 saturated heterocycles. The maximum atomic E-state index is 5.50. The third-order valence-electron chi connectivity index (χ3n) is 4.95. The molecule has 0 atom stereocenters. The molecule has 3 aromatic rings. The minimum atomic E-state index is 0.898. The van der Waals surface area contributed by atoms with Crippen LogP contribution in [-0.4, -0.2) is 28.1 Å². The van der Waals surface area contributed by atoms with Crippen LogP contribution in [0, 0.1) is 0 Å². The molecule has 0 saturated carbocycles. The lowest BCUT2D eigenvalue weighted by Gasteiger charge is -2.27. The number of benzene rings is 2. The fraction of sp³-hybridized carbons (Fsp3) is 0.286. The summed E-state index contributed by atoms with van der Waals surface area (Å²) in [6.45, 7) is 2.84. The summed E-state index contributed by atoms with van der Waals surface area (Å²) < 4.78 is 7.75. The molecule has 0 spiro atoms. The molecule has 1 aromatic heterocycles. The van der Waals surface area contributed by atoms with Gasteiger partial charge in [0.2, 0.25) is 0 Å². The van der Waals surface area contributed by atoms with Crippen molar-refractivity contribution >= 4 is 0 Å². The van der Waals surface area contributed by atoms with Crippen LogP contribution in [0.5, 0.6) is 5.75 Å². The SMILES string of the molecule is COc1ccccc1CN1CCc2nc(-c3ccccc3)n(C)c2C1. The van der Waals surface area contributed by atoms with E-state index in [0.29, 0.717) is 0 Å². The highest BCUT2D eigenvalue weighted by molar-refractivity contribution is 5.57. The van der Waals surface area contributed by atoms with Crippen molar-refractivity contribution in [1.82, 2.24) is 14.5 Å². The molecular formula is C21H23N3O. The van der Waals surface area contributed by atoms with Crippen molar-refractivity contribution in [2.24, 2.45) is 7.05 Å². The molecule has 4 rings (SSSR count). The number of aromatic nitrogens is 2. The summed E-state index contributed by atoms with van der Waals surface area (Å²) >= 11 is 0. The Kier molecular flexibility index (Phi) is 4.28. The number of para-hydroxylation sites is 1. The molecule has 4 nitrogen and oxygen atoms in total. The normalized spacial score (nSPS) is 14.3. The molecule has 4 heteroatoms. The second kappa shape index (κ2) is 6.73. The largest absolute Gasteiger partial charge is 0.496 e. The molecule has 0 aliphatic carbocycles. The van der Waals surface area contributed by atoms with Gasteiger partial charge in [-0.3, -0.25) is 4.90 Å². The molecular weight excluding hydrogens is 310 g/mol. The fourth-order valence-electron chi connectivity index (χ4n) is 3.60. The van der Waals surface area contributed by atoms with Crippen molar-refractivity contribution in [3.63, 3.8) is 0 Å². The van der Waals surface area contributed by atoms with Crippen molar-refractivity contribution < 1.29 is 4.74 Å². The van der Waals surface area contributed by atoms with Crippen LogP contribution in [-0.2, 0) is 26.6 Å². The third kappa shape index (κ3) is 3.05. The third-order valence-corrected chi connectivity index (χ3v) is 4.95. The van der Waals surface area contributed by atoms with Crippen LogP contribution >= 0.6 is 0 Å². The number of hydrogen-bond acceptors (Lipinski definition) is 3. The molecule has 0 bridgehead atoms. The zero-order chi connectivity index (χ0) is 17.2. The number of ether oxygens (including phenoxy) is 1. The Morgan fingerprint density at radius 1 is 1.04 bits per heavy atom.